The molecule has 19 heavy (non-hydrogen) atoms. The van der Waals surface area contributed by atoms with Crippen molar-refractivity contribution >= 4 is 14.5 Å². The van der Waals surface area contributed by atoms with Crippen LogP contribution in [0.25, 0.3) is 0 Å². The highest BCUT2D eigenvalue weighted by Gasteiger charge is 2.28. The molecule has 2 atom stereocenters. The monoisotopic (exact) mass is 288 g/mol. The molecule has 0 aromatic heterocycles. The van der Waals surface area contributed by atoms with Crippen molar-refractivity contribution in [2.45, 2.75) is 38.6 Å². The van der Waals surface area contributed by atoms with Gasteiger partial charge in [0.15, 0.2) is 15.2 Å². The molecule has 1 aliphatic heterocycles. The van der Waals surface area contributed by atoms with Crippen LogP contribution in [0.15, 0.2) is 0 Å². The lowest BCUT2D eigenvalue weighted by atomic mass is 10.2. The zero-order valence-electron chi connectivity index (χ0n) is 11.5. The summed E-state index contributed by atoms with van der Waals surface area (Å²) in [6, 6.07) is 2.28. The van der Waals surface area contributed by atoms with Crippen molar-refractivity contribution in [3.8, 4) is 6.07 Å². The van der Waals surface area contributed by atoms with Crippen molar-refractivity contribution in [1.29, 1.82) is 5.26 Å². The Morgan fingerprint density at radius 3 is 3.00 bits per heavy atom. The zero-order chi connectivity index (χ0) is 14.1. The third-order valence-corrected chi connectivity index (χ3v) is 4.00. The van der Waals surface area contributed by atoms with Gasteiger partial charge in [0.1, 0.15) is 0 Å². The number of rotatable bonds is 7. The maximum absolute atomic E-state index is 11.8. The molecule has 0 aromatic rings. The maximum atomic E-state index is 11.8. The third-order valence-electron chi connectivity index (χ3n) is 2.99. The van der Waals surface area contributed by atoms with Crippen LogP contribution >= 0.6 is 8.38 Å². The molecule has 0 aromatic carbocycles. The van der Waals surface area contributed by atoms with Crippen LogP contribution in [0.2, 0.25) is 0 Å². The fourth-order valence-corrected chi connectivity index (χ4v) is 2.62. The fraction of sp³-hybridized carbons (Fsp3) is 0.833. The quantitative estimate of drug-likeness (QED) is 0.409. The van der Waals surface area contributed by atoms with Gasteiger partial charge in [-0.1, -0.05) is 6.92 Å². The number of hydrogen-bond acceptors (Lipinski definition) is 5. The molecule has 0 N–H and O–H groups in total. The number of ether oxygens (including phenoxy) is 1. The van der Waals surface area contributed by atoms with Gasteiger partial charge in [-0.3, -0.25) is 4.52 Å². The van der Waals surface area contributed by atoms with E-state index in [1.807, 2.05) is 6.07 Å². The Hall–Kier alpha value is -0.890. The summed E-state index contributed by atoms with van der Waals surface area (Å²) in [5, 5.41) is 8.36. The topological polar surface area (TPSA) is 71.8 Å². The Kier molecular flexibility index (Phi) is 7.73. The van der Waals surface area contributed by atoms with Crippen molar-refractivity contribution in [2.75, 3.05) is 26.6 Å². The van der Waals surface area contributed by atoms with Crippen LogP contribution < -0.4 is 0 Å². The summed E-state index contributed by atoms with van der Waals surface area (Å²) >= 11 is 0. The van der Waals surface area contributed by atoms with E-state index >= 15 is 0 Å². The summed E-state index contributed by atoms with van der Waals surface area (Å²) in [5.41, 5.74) is 0. The minimum absolute atomic E-state index is 0.0967. The van der Waals surface area contributed by atoms with E-state index in [-0.39, 0.29) is 12.9 Å². The van der Waals surface area contributed by atoms with E-state index in [0.29, 0.717) is 19.1 Å². The van der Waals surface area contributed by atoms with Gasteiger partial charge < -0.3 is 14.2 Å². The van der Waals surface area contributed by atoms with E-state index in [1.165, 1.54) is 0 Å². The van der Waals surface area contributed by atoms with Crippen molar-refractivity contribution in [1.82, 2.24) is 4.90 Å². The van der Waals surface area contributed by atoms with Gasteiger partial charge in [0.05, 0.1) is 19.1 Å². The highest BCUT2D eigenvalue weighted by Crippen LogP contribution is 2.33. The number of nitriles is 1. The van der Waals surface area contributed by atoms with Crippen molar-refractivity contribution < 1.29 is 18.6 Å². The van der Waals surface area contributed by atoms with Gasteiger partial charge in [0.2, 0.25) is 0 Å². The lowest BCUT2D eigenvalue weighted by molar-refractivity contribution is 0.0315. The van der Waals surface area contributed by atoms with Crippen LogP contribution in [0, 0.1) is 11.3 Å². The summed E-state index contributed by atoms with van der Waals surface area (Å²) in [4.78, 5) is 13.6. The molecule has 0 spiro atoms. The predicted octanol–water partition coefficient (Wildman–Crippen LogP) is 2.84. The first-order chi connectivity index (χ1) is 9.19. The third kappa shape index (κ3) is 5.73. The molecular weight excluding hydrogens is 267 g/mol. The number of carbonyl (C=O) groups is 1. The normalized spacial score (nSPS) is 20.1. The molecule has 1 aliphatic rings. The van der Waals surface area contributed by atoms with E-state index in [4.69, 9.17) is 19.0 Å². The van der Waals surface area contributed by atoms with Gasteiger partial charge >= 0.3 is 6.09 Å². The Balaban J connectivity index is 2.15. The molecule has 7 heteroatoms. The fourth-order valence-electron chi connectivity index (χ4n) is 1.99. The van der Waals surface area contributed by atoms with Crippen molar-refractivity contribution in [3.63, 3.8) is 0 Å². The standard InChI is InChI=1S/C12H21N2O4P/c1-3-11-6-4-8-14(11)12(15)16-10-18-19(2)17-9-5-7-13/h11H,3-6,8-10H2,1-2H3. The smallest absolute Gasteiger partial charge is 0.412 e. The van der Waals surface area contributed by atoms with Gasteiger partial charge in [-0.15, -0.1) is 0 Å². The number of hydrogen-bond donors (Lipinski definition) is 0. The highest BCUT2D eigenvalue weighted by atomic mass is 31.2. The molecule has 0 bridgehead atoms. The SMILES string of the molecule is CCC1CCCN1C(=O)OCOP(C)OCCC#N. The molecule has 0 radical (unpaired) electrons. The number of amides is 1. The molecule has 0 saturated carbocycles. The molecule has 2 unspecified atom stereocenters. The Morgan fingerprint density at radius 1 is 1.53 bits per heavy atom. The Morgan fingerprint density at radius 2 is 2.32 bits per heavy atom. The van der Waals surface area contributed by atoms with Crippen molar-refractivity contribution in [2.24, 2.45) is 0 Å². The van der Waals surface area contributed by atoms with Gasteiger partial charge in [0, 0.05) is 19.3 Å². The summed E-state index contributed by atoms with van der Waals surface area (Å²) in [6.45, 7) is 4.85. The Labute approximate surface area is 115 Å². The Bertz CT molecular complexity index is 321. The lowest BCUT2D eigenvalue weighted by Crippen LogP contribution is -2.35. The second-order valence-electron chi connectivity index (χ2n) is 4.24. The van der Waals surface area contributed by atoms with Gasteiger partial charge in [-0.2, -0.15) is 5.26 Å². The largest absolute Gasteiger partial charge is 0.422 e. The van der Waals surface area contributed by atoms with Gasteiger partial charge in [0.25, 0.3) is 0 Å². The zero-order valence-corrected chi connectivity index (χ0v) is 12.4. The second-order valence-corrected chi connectivity index (χ2v) is 5.63. The minimum atomic E-state index is -1.10. The molecular formula is C12H21N2O4P. The molecule has 1 amide bonds. The lowest BCUT2D eigenvalue weighted by Gasteiger charge is -2.23. The summed E-state index contributed by atoms with van der Waals surface area (Å²) in [7, 11) is -1.10. The van der Waals surface area contributed by atoms with Crippen LogP contribution in [0.5, 0.6) is 0 Å². The van der Waals surface area contributed by atoms with Crippen molar-refractivity contribution in [3.05, 3.63) is 0 Å². The number of likely N-dealkylation sites (tertiary alicyclic amines) is 1. The van der Waals surface area contributed by atoms with Crippen LogP contribution in [0.3, 0.4) is 0 Å². The van der Waals surface area contributed by atoms with Crippen LogP contribution in [0.4, 0.5) is 4.79 Å². The van der Waals surface area contributed by atoms with Crippen LogP contribution in [-0.2, 0) is 13.8 Å². The first-order valence-corrected chi connectivity index (χ1v) is 8.11. The van der Waals surface area contributed by atoms with Crippen LogP contribution in [-0.4, -0.2) is 43.6 Å². The average molecular weight is 288 g/mol. The second kappa shape index (κ2) is 9.08. The maximum Gasteiger partial charge on any atom is 0.412 e. The molecule has 0 aliphatic carbocycles. The molecule has 1 fully saturated rings. The molecule has 1 heterocycles. The molecule has 108 valence electrons. The predicted molar refractivity (Wildman–Crippen MR) is 71.5 cm³/mol. The highest BCUT2D eigenvalue weighted by molar-refractivity contribution is 7.46. The molecule has 1 rings (SSSR count). The van der Waals surface area contributed by atoms with E-state index in [2.05, 4.69) is 6.92 Å². The molecule has 6 nitrogen and oxygen atoms in total. The van der Waals surface area contributed by atoms with E-state index in [1.54, 1.807) is 11.6 Å². The summed E-state index contributed by atoms with van der Waals surface area (Å²) < 4.78 is 15.6. The summed E-state index contributed by atoms with van der Waals surface area (Å²) in [5.74, 6) is 0. The summed E-state index contributed by atoms with van der Waals surface area (Å²) in [6.07, 6.45) is 3.05. The number of carbonyl (C=O) groups excluding carboxylic acids is 1. The first-order valence-electron chi connectivity index (χ1n) is 6.49. The molecule has 1 saturated heterocycles. The van der Waals surface area contributed by atoms with Gasteiger partial charge in [-0.25, -0.2) is 4.79 Å². The first kappa shape index (κ1) is 16.2. The van der Waals surface area contributed by atoms with E-state index in [9.17, 15) is 4.79 Å². The van der Waals surface area contributed by atoms with Crippen LogP contribution in [0.1, 0.15) is 32.6 Å². The minimum Gasteiger partial charge on any atom is -0.422 e. The van der Waals surface area contributed by atoms with E-state index in [0.717, 1.165) is 25.8 Å². The average Bonchev–Trinajstić information content (AvgIpc) is 2.87. The van der Waals surface area contributed by atoms with Gasteiger partial charge in [-0.05, 0) is 19.3 Å². The van der Waals surface area contributed by atoms with E-state index < -0.39 is 8.38 Å². The number of nitrogens with zero attached hydrogens (tertiary/aromatic N) is 2.